The SMILES string of the molecule is COc1c(O)cc(C#N)c2sccc12. The van der Waals surface area contributed by atoms with Crippen molar-refractivity contribution in [2.24, 2.45) is 0 Å². The molecule has 70 valence electrons. The van der Waals surface area contributed by atoms with Crippen molar-refractivity contribution in [3.8, 4) is 17.6 Å². The summed E-state index contributed by atoms with van der Waals surface area (Å²) in [7, 11) is 1.50. The number of thiophene rings is 1. The van der Waals surface area contributed by atoms with Crippen molar-refractivity contribution in [1.29, 1.82) is 5.26 Å². The Morgan fingerprint density at radius 2 is 2.36 bits per heavy atom. The van der Waals surface area contributed by atoms with Crippen molar-refractivity contribution in [1.82, 2.24) is 0 Å². The van der Waals surface area contributed by atoms with Crippen LogP contribution in [0.2, 0.25) is 0 Å². The van der Waals surface area contributed by atoms with Gasteiger partial charge in [0.25, 0.3) is 0 Å². The van der Waals surface area contributed by atoms with E-state index >= 15 is 0 Å². The topological polar surface area (TPSA) is 53.2 Å². The minimum Gasteiger partial charge on any atom is -0.504 e. The number of rotatable bonds is 1. The Bertz CT molecular complexity index is 525. The molecule has 0 amide bonds. The van der Waals surface area contributed by atoms with Crippen LogP contribution < -0.4 is 4.74 Å². The van der Waals surface area contributed by atoms with E-state index in [-0.39, 0.29) is 5.75 Å². The quantitative estimate of drug-likeness (QED) is 0.778. The van der Waals surface area contributed by atoms with E-state index in [1.54, 1.807) is 0 Å². The number of nitriles is 1. The summed E-state index contributed by atoms with van der Waals surface area (Å²) in [5.74, 6) is 0.440. The standard InChI is InChI=1S/C10H7NO2S/c1-13-9-7-2-3-14-10(7)6(5-11)4-8(9)12/h2-4,12H,1H3. The van der Waals surface area contributed by atoms with Crippen molar-refractivity contribution < 1.29 is 9.84 Å². The number of phenols is 1. The van der Waals surface area contributed by atoms with Crippen LogP contribution in [0.4, 0.5) is 0 Å². The molecule has 0 saturated heterocycles. The van der Waals surface area contributed by atoms with Gasteiger partial charge in [0.05, 0.1) is 17.4 Å². The van der Waals surface area contributed by atoms with Gasteiger partial charge < -0.3 is 9.84 Å². The van der Waals surface area contributed by atoms with Crippen LogP contribution in [-0.4, -0.2) is 12.2 Å². The van der Waals surface area contributed by atoms with Crippen LogP contribution in [0.3, 0.4) is 0 Å². The predicted molar refractivity (Wildman–Crippen MR) is 54.8 cm³/mol. The Kier molecular flexibility index (Phi) is 2.02. The van der Waals surface area contributed by atoms with Crippen LogP contribution in [0.15, 0.2) is 17.5 Å². The Hall–Kier alpha value is -1.73. The number of ether oxygens (including phenoxy) is 1. The molecule has 1 N–H and O–H groups in total. The number of hydrogen-bond acceptors (Lipinski definition) is 4. The van der Waals surface area contributed by atoms with Gasteiger partial charge in [-0.15, -0.1) is 11.3 Å². The van der Waals surface area contributed by atoms with E-state index in [4.69, 9.17) is 10.00 Å². The summed E-state index contributed by atoms with van der Waals surface area (Å²) >= 11 is 1.46. The fourth-order valence-corrected chi connectivity index (χ4v) is 2.26. The minimum atomic E-state index is 0.00921. The highest BCUT2D eigenvalue weighted by Crippen LogP contribution is 2.39. The monoisotopic (exact) mass is 205 g/mol. The molecule has 0 bridgehead atoms. The van der Waals surface area contributed by atoms with Crippen molar-refractivity contribution in [3.63, 3.8) is 0 Å². The van der Waals surface area contributed by atoms with Gasteiger partial charge in [-0.3, -0.25) is 0 Å². The first kappa shape index (κ1) is 8.85. The first-order chi connectivity index (χ1) is 6.77. The molecule has 4 heteroatoms. The maximum Gasteiger partial charge on any atom is 0.169 e. The van der Waals surface area contributed by atoms with Gasteiger partial charge in [-0.2, -0.15) is 5.26 Å². The fourth-order valence-electron chi connectivity index (χ4n) is 1.40. The number of methoxy groups -OCH3 is 1. The summed E-state index contributed by atoms with van der Waals surface area (Å²) in [5, 5.41) is 21.1. The van der Waals surface area contributed by atoms with E-state index in [9.17, 15) is 5.11 Å². The minimum absolute atomic E-state index is 0.00921. The molecule has 1 heterocycles. The van der Waals surface area contributed by atoms with E-state index in [2.05, 4.69) is 0 Å². The fraction of sp³-hybridized carbons (Fsp3) is 0.100. The first-order valence-corrected chi connectivity index (χ1v) is 4.83. The van der Waals surface area contributed by atoms with Crippen LogP contribution in [-0.2, 0) is 0 Å². The zero-order valence-electron chi connectivity index (χ0n) is 7.44. The average Bonchev–Trinajstić information content (AvgIpc) is 2.65. The molecule has 0 radical (unpaired) electrons. The van der Waals surface area contributed by atoms with Crippen LogP contribution in [0.5, 0.6) is 11.5 Å². The molecule has 0 spiro atoms. The summed E-state index contributed by atoms with van der Waals surface area (Å²) < 4.78 is 5.91. The second-order valence-electron chi connectivity index (χ2n) is 2.75. The van der Waals surface area contributed by atoms with Crippen molar-refractivity contribution in [2.75, 3.05) is 7.11 Å². The smallest absolute Gasteiger partial charge is 0.169 e. The molecular weight excluding hydrogens is 198 g/mol. The largest absolute Gasteiger partial charge is 0.504 e. The highest BCUT2D eigenvalue weighted by molar-refractivity contribution is 7.17. The van der Waals surface area contributed by atoms with Gasteiger partial charge in [-0.25, -0.2) is 0 Å². The zero-order chi connectivity index (χ0) is 10.1. The lowest BCUT2D eigenvalue weighted by Crippen LogP contribution is -1.85. The van der Waals surface area contributed by atoms with Crippen molar-refractivity contribution >= 4 is 21.4 Å². The average molecular weight is 205 g/mol. The molecule has 0 unspecified atom stereocenters. The molecule has 0 atom stereocenters. The highest BCUT2D eigenvalue weighted by atomic mass is 32.1. The molecule has 3 nitrogen and oxygen atoms in total. The third-order valence-electron chi connectivity index (χ3n) is 1.99. The lowest BCUT2D eigenvalue weighted by atomic mass is 10.1. The maximum absolute atomic E-state index is 9.57. The normalized spacial score (nSPS) is 10.0. The van der Waals surface area contributed by atoms with E-state index in [0.29, 0.717) is 11.3 Å². The number of benzene rings is 1. The number of fused-ring (bicyclic) bond motifs is 1. The van der Waals surface area contributed by atoms with Gasteiger partial charge in [0.1, 0.15) is 6.07 Å². The second kappa shape index (κ2) is 3.20. The molecule has 0 saturated carbocycles. The Morgan fingerprint density at radius 1 is 1.57 bits per heavy atom. The third kappa shape index (κ3) is 1.10. The van der Waals surface area contributed by atoms with Crippen molar-refractivity contribution in [3.05, 3.63) is 23.1 Å². The number of hydrogen-bond donors (Lipinski definition) is 1. The Balaban J connectivity index is 2.90. The summed E-state index contributed by atoms with van der Waals surface area (Å²) in [6, 6.07) is 5.30. The highest BCUT2D eigenvalue weighted by Gasteiger charge is 2.12. The Labute approximate surface area is 84.8 Å². The predicted octanol–water partition coefficient (Wildman–Crippen LogP) is 2.49. The Morgan fingerprint density at radius 3 is 3.00 bits per heavy atom. The molecule has 2 aromatic rings. The molecule has 0 aliphatic rings. The zero-order valence-corrected chi connectivity index (χ0v) is 8.26. The van der Waals surface area contributed by atoms with Crippen LogP contribution >= 0.6 is 11.3 Å². The van der Waals surface area contributed by atoms with Crippen LogP contribution in [0.25, 0.3) is 10.1 Å². The van der Waals surface area contributed by atoms with Crippen LogP contribution in [0, 0.1) is 11.3 Å². The maximum atomic E-state index is 9.57. The van der Waals surface area contributed by atoms with Gasteiger partial charge >= 0.3 is 0 Å². The van der Waals surface area contributed by atoms with Crippen molar-refractivity contribution in [2.45, 2.75) is 0 Å². The molecule has 0 aliphatic carbocycles. The second-order valence-corrected chi connectivity index (χ2v) is 3.67. The lowest BCUT2D eigenvalue weighted by molar-refractivity contribution is 0.378. The summed E-state index contributed by atoms with van der Waals surface area (Å²) in [6.45, 7) is 0. The van der Waals surface area contributed by atoms with Gasteiger partial charge in [-0.1, -0.05) is 0 Å². The van der Waals surface area contributed by atoms with Crippen LogP contribution in [0.1, 0.15) is 5.56 Å². The van der Waals surface area contributed by atoms with Gasteiger partial charge in [0.2, 0.25) is 0 Å². The molecule has 2 rings (SSSR count). The molecular formula is C10H7NO2S. The van der Waals surface area contributed by atoms with E-state index in [1.807, 2.05) is 17.5 Å². The molecule has 1 aromatic heterocycles. The summed E-state index contributed by atoms with van der Waals surface area (Å²) in [6.07, 6.45) is 0. The summed E-state index contributed by atoms with van der Waals surface area (Å²) in [4.78, 5) is 0. The molecule has 0 aliphatic heterocycles. The number of phenolic OH excluding ortho intramolecular Hbond substituents is 1. The third-order valence-corrected chi connectivity index (χ3v) is 2.94. The lowest BCUT2D eigenvalue weighted by Gasteiger charge is -2.05. The van der Waals surface area contributed by atoms with E-state index in [0.717, 1.165) is 10.1 Å². The first-order valence-electron chi connectivity index (χ1n) is 3.95. The van der Waals surface area contributed by atoms with Gasteiger partial charge in [0.15, 0.2) is 11.5 Å². The molecule has 1 aromatic carbocycles. The van der Waals surface area contributed by atoms with E-state index < -0.39 is 0 Å². The number of nitrogens with zero attached hydrogens (tertiary/aromatic N) is 1. The van der Waals surface area contributed by atoms with E-state index in [1.165, 1.54) is 24.5 Å². The molecule has 0 fully saturated rings. The molecule has 14 heavy (non-hydrogen) atoms. The number of aromatic hydroxyl groups is 1. The van der Waals surface area contributed by atoms with Gasteiger partial charge in [-0.05, 0) is 11.4 Å². The van der Waals surface area contributed by atoms with Gasteiger partial charge in [0, 0.05) is 11.5 Å². The summed E-state index contributed by atoms with van der Waals surface area (Å²) in [5.41, 5.74) is 0.480.